The summed E-state index contributed by atoms with van der Waals surface area (Å²) in [5, 5.41) is 0.0548. The molecule has 0 radical (unpaired) electrons. The molecular formula is C42H37Cl2F2N3O8. The van der Waals surface area contributed by atoms with Gasteiger partial charge in [-0.1, -0.05) is 59.6 Å². The first kappa shape index (κ1) is 42.3. The second-order valence-electron chi connectivity index (χ2n) is 12.6. The van der Waals surface area contributed by atoms with Crippen molar-refractivity contribution >= 4 is 52.1 Å². The lowest BCUT2D eigenvalue weighted by Crippen LogP contribution is -2.25. The summed E-state index contributed by atoms with van der Waals surface area (Å²) in [6, 6.07) is 19.2. The zero-order chi connectivity index (χ0) is 41.4. The highest BCUT2D eigenvalue weighted by Gasteiger charge is 2.19. The summed E-state index contributed by atoms with van der Waals surface area (Å²) in [6.07, 6.45) is 3.55. The first-order valence-electron chi connectivity index (χ1n) is 17.7. The zero-order valence-corrected chi connectivity index (χ0v) is 32.6. The molecule has 15 heteroatoms. The number of rotatable bonds is 11. The molecule has 4 heterocycles. The number of nitrogens with two attached hydrogens (primary N) is 1. The van der Waals surface area contributed by atoms with Crippen LogP contribution in [-0.2, 0) is 45.0 Å². The minimum atomic E-state index is -0.771. The van der Waals surface area contributed by atoms with Gasteiger partial charge in [0.1, 0.15) is 29.4 Å². The van der Waals surface area contributed by atoms with Crippen LogP contribution in [-0.4, -0.2) is 39.9 Å². The van der Waals surface area contributed by atoms with Crippen LogP contribution in [0.2, 0.25) is 10.0 Å². The molecule has 0 saturated heterocycles. The van der Waals surface area contributed by atoms with E-state index in [4.69, 9.17) is 43.1 Å². The maximum absolute atomic E-state index is 14.3. The van der Waals surface area contributed by atoms with Gasteiger partial charge in [-0.15, -0.1) is 0 Å². The topological polar surface area (TPSA) is 148 Å². The molecule has 4 aromatic heterocycles. The third-order valence-corrected chi connectivity index (χ3v) is 9.29. The van der Waals surface area contributed by atoms with E-state index in [9.17, 15) is 32.8 Å². The molecule has 0 spiro atoms. The molecule has 0 aliphatic rings. The molecule has 0 bridgehead atoms. The summed E-state index contributed by atoms with van der Waals surface area (Å²) in [5.74, 6) is -2.98. The first-order valence-corrected chi connectivity index (χ1v) is 18.4. The number of hydrogen-bond donors (Lipinski definition) is 1. The lowest BCUT2D eigenvalue weighted by atomic mass is 10.0. The summed E-state index contributed by atoms with van der Waals surface area (Å²) >= 11 is 11.7. The molecule has 0 atom stereocenters. The van der Waals surface area contributed by atoms with Crippen molar-refractivity contribution < 1.29 is 37.4 Å². The van der Waals surface area contributed by atoms with Gasteiger partial charge in [-0.2, -0.15) is 0 Å². The Hall–Kier alpha value is -5.89. The summed E-state index contributed by atoms with van der Waals surface area (Å²) < 4.78 is 46.1. The van der Waals surface area contributed by atoms with Crippen LogP contribution in [0.5, 0.6) is 0 Å². The van der Waals surface area contributed by atoms with Gasteiger partial charge in [0, 0.05) is 44.3 Å². The normalized spacial score (nSPS) is 10.9. The number of halogens is 4. The second kappa shape index (κ2) is 18.8. The van der Waals surface area contributed by atoms with Crippen LogP contribution in [0.3, 0.4) is 0 Å². The molecule has 2 aromatic carbocycles. The Kier molecular flexibility index (Phi) is 14.0. The molecule has 11 nitrogen and oxygen atoms in total. The number of benzene rings is 2. The van der Waals surface area contributed by atoms with Crippen LogP contribution in [0.25, 0.3) is 11.0 Å². The van der Waals surface area contributed by atoms with Crippen molar-refractivity contribution in [1.29, 1.82) is 0 Å². The Labute approximate surface area is 335 Å². The lowest BCUT2D eigenvalue weighted by Gasteiger charge is -2.13. The van der Waals surface area contributed by atoms with Gasteiger partial charge in [-0.05, 0) is 78.1 Å². The number of ether oxygens (including phenoxy) is 3. The number of hydrogen-bond acceptors (Lipinski definition) is 9. The van der Waals surface area contributed by atoms with Crippen molar-refractivity contribution in [2.75, 3.05) is 13.2 Å². The van der Waals surface area contributed by atoms with Gasteiger partial charge in [0.15, 0.2) is 0 Å². The molecular weight excluding hydrogens is 783 g/mol. The molecule has 57 heavy (non-hydrogen) atoms. The highest BCUT2D eigenvalue weighted by atomic mass is 35.5. The van der Waals surface area contributed by atoms with E-state index in [1.54, 1.807) is 68.6 Å². The smallest absolute Gasteiger partial charge is 0.343 e. The Bertz CT molecular complexity index is 2630. The van der Waals surface area contributed by atoms with Crippen LogP contribution >= 0.6 is 23.2 Å². The number of fused-ring (bicyclic) bond motifs is 2. The summed E-state index contributed by atoms with van der Waals surface area (Å²) in [6.45, 7) is 4.86. The lowest BCUT2D eigenvalue weighted by molar-refractivity contribution is -0.142. The SMILES string of the molecule is CCOC(=O)c1cc(CN)c2ccc(Cc3cccc(Cl)c3F)cn2c1=O.CCOC(=O)c1cc(COC(C)=O)c2ccc(Cc3cccc(Cl)c3F)cn2c1=O. The fourth-order valence-electron chi connectivity index (χ4n) is 6.02. The number of carbonyl (C=O) groups excluding carboxylic acids is 3. The Morgan fingerprint density at radius 2 is 1.09 bits per heavy atom. The number of aromatic nitrogens is 2. The number of pyridine rings is 4. The van der Waals surface area contributed by atoms with Gasteiger partial charge in [-0.3, -0.25) is 23.2 Å². The molecule has 2 N–H and O–H groups in total. The van der Waals surface area contributed by atoms with Crippen LogP contribution in [0.4, 0.5) is 8.78 Å². The average molecular weight is 821 g/mol. The van der Waals surface area contributed by atoms with Crippen LogP contribution < -0.4 is 16.9 Å². The minimum absolute atomic E-state index is 0.0127. The molecule has 6 aromatic rings. The Morgan fingerprint density at radius 3 is 1.51 bits per heavy atom. The third-order valence-electron chi connectivity index (χ3n) is 8.71. The maximum atomic E-state index is 14.3. The highest BCUT2D eigenvalue weighted by molar-refractivity contribution is 6.31. The number of carbonyl (C=O) groups is 3. The van der Waals surface area contributed by atoms with E-state index in [1.165, 1.54) is 46.2 Å². The fraction of sp³-hybridized carbons (Fsp3) is 0.214. The fourth-order valence-corrected chi connectivity index (χ4v) is 6.40. The van der Waals surface area contributed by atoms with E-state index in [0.29, 0.717) is 44.4 Å². The monoisotopic (exact) mass is 819 g/mol. The van der Waals surface area contributed by atoms with Crippen LogP contribution in [0, 0.1) is 11.6 Å². The van der Waals surface area contributed by atoms with Gasteiger partial charge < -0.3 is 19.9 Å². The zero-order valence-electron chi connectivity index (χ0n) is 31.1. The van der Waals surface area contributed by atoms with Gasteiger partial charge >= 0.3 is 17.9 Å². The highest BCUT2D eigenvalue weighted by Crippen LogP contribution is 2.23. The van der Waals surface area contributed by atoms with Crippen molar-refractivity contribution in [2.24, 2.45) is 5.73 Å². The molecule has 296 valence electrons. The molecule has 6 rings (SSSR count). The second-order valence-corrected chi connectivity index (χ2v) is 13.4. The summed E-state index contributed by atoms with van der Waals surface area (Å²) in [4.78, 5) is 61.3. The first-order chi connectivity index (χ1) is 27.3. The van der Waals surface area contributed by atoms with Gasteiger partial charge in [-0.25, -0.2) is 18.4 Å². The van der Waals surface area contributed by atoms with Gasteiger partial charge in [0.05, 0.1) is 34.3 Å². The summed E-state index contributed by atoms with van der Waals surface area (Å²) in [7, 11) is 0. The van der Waals surface area contributed by atoms with Gasteiger partial charge in [0.25, 0.3) is 11.1 Å². The molecule has 0 aliphatic heterocycles. The van der Waals surface area contributed by atoms with E-state index < -0.39 is 40.7 Å². The van der Waals surface area contributed by atoms with Crippen molar-refractivity contribution in [2.45, 2.75) is 46.8 Å². The Morgan fingerprint density at radius 1 is 0.649 bits per heavy atom. The molecule has 0 aliphatic carbocycles. The van der Waals surface area contributed by atoms with E-state index in [0.717, 1.165) is 0 Å². The Balaban J connectivity index is 0.000000219. The van der Waals surface area contributed by atoms with E-state index in [-0.39, 0.29) is 60.4 Å². The predicted octanol–water partition coefficient (Wildman–Crippen LogP) is 7.24. The van der Waals surface area contributed by atoms with Crippen LogP contribution in [0.15, 0.2) is 94.8 Å². The van der Waals surface area contributed by atoms with Crippen molar-refractivity contribution in [3.63, 3.8) is 0 Å². The molecule has 0 saturated carbocycles. The molecule has 0 fully saturated rings. The van der Waals surface area contributed by atoms with E-state index >= 15 is 0 Å². The van der Waals surface area contributed by atoms with Gasteiger partial charge in [0.2, 0.25) is 0 Å². The summed E-state index contributed by atoms with van der Waals surface area (Å²) in [5.41, 5.74) is 8.69. The standard InChI is InChI=1S/C22H19ClFNO5.C20H18ClFN2O3/c1-3-29-22(28)17-10-16(12-30-13(2)26)19-8-7-14(11-25(19)21(17)27)9-15-5-4-6-18(23)20(15)24;1-2-27-20(26)15-9-14(10-23)17-7-6-12(11-24(17)19(15)25)8-13-4-3-5-16(21)18(13)22/h4-8,10-11H,3,9,12H2,1-2H3;3-7,9,11H,2,8,10,23H2,1H3. The number of esters is 3. The maximum Gasteiger partial charge on any atom is 0.343 e. The molecule has 0 amide bonds. The average Bonchev–Trinajstić information content (AvgIpc) is 3.19. The largest absolute Gasteiger partial charge is 0.462 e. The van der Waals surface area contributed by atoms with E-state index in [1.807, 2.05) is 0 Å². The quantitative estimate of drug-likeness (QED) is 0.106. The number of nitrogens with zero attached hydrogens (tertiary/aromatic N) is 2. The third kappa shape index (κ3) is 9.74. The van der Waals surface area contributed by atoms with Crippen molar-refractivity contribution in [3.05, 3.63) is 172 Å². The van der Waals surface area contributed by atoms with E-state index in [2.05, 4.69) is 0 Å². The van der Waals surface area contributed by atoms with Crippen molar-refractivity contribution in [3.8, 4) is 0 Å². The molecule has 0 unspecified atom stereocenters. The van der Waals surface area contributed by atoms with Crippen LogP contribution in [0.1, 0.15) is 74.9 Å². The van der Waals surface area contributed by atoms with Crippen molar-refractivity contribution in [1.82, 2.24) is 8.80 Å². The predicted molar refractivity (Wildman–Crippen MR) is 211 cm³/mol. The minimum Gasteiger partial charge on any atom is -0.462 e.